The normalized spacial score (nSPS) is 17.1. The molecule has 0 atom stereocenters. The summed E-state index contributed by atoms with van der Waals surface area (Å²) in [5.41, 5.74) is 1.30. The Bertz CT molecular complexity index is 839. The van der Waals surface area contributed by atoms with Gasteiger partial charge in [0.1, 0.15) is 24.6 Å². The Morgan fingerprint density at radius 3 is 2.59 bits per heavy atom. The minimum Gasteiger partial charge on any atom is -0.487 e. The van der Waals surface area contributed by atoms with Crippen molar-refractivity contribution in [3.63, 3.8) is 0 Å². The second-order valence-electron chi connectivity index (χ2n) is 8.29. The molecule has 0 saturated heterocycles. The number of rotatable bonds is 0. The Balaban J connectivity index is 1.75. The summed E-state index contributed by atoms with van der Waals surface area (Å²) in [6.45, 7) is 7.33. The van der Waals surface area contributed by atoms with Crippen LogP contribution in [0.5, 0.6) is 5.75 Å². The van der Waals surface area contributed by atoms with Crippen LogP contribution >= 0.6 is 0 Å². The second-order valence-corrected chi connectivity index (χ2v) is 8.29. The quantitative estimate of drug-likeness (QED) is 0.734. The van der Waals surface area contributed by atoms with Gasteiger partial charge in [0, 0.05) is 25.0 Å². The van der Waals surface area contributed by atoms with Gasteiger partial charge in [-0.05, 0) is 51.3 Å². The van der Waals surface area contributed by atoms with Gasteiger partial charge in [-0.2, -0.15) is 0 Å². The van der Waals surface area contributed by atoms with Crippen molar-refractivity contribution in [1.82, 2.24) is 25.2 Å². The molecule has 2 amide bonds. The van der Waals surface area contributed by atoms with Crippen LogP contribution in [0.25, 0.3) is 0 Å². The van der Waals surface area contributed by atoms with Gasteiger partial charge in [-0.25, -0.2) is 0 Å². The number of ether oxygens (including phenoxy) is 1. The number of nitrogens with one attached hydrogen (secondary N) is 1. The van der Waals surface area contributed by atoms with Crippen LogP contribution in [0.15, 0.2) is 30.5 Å². The molecule has 1 N–H and O–H groups in total. The van der Waals surface area contributed by atoms with E-state index < -0.39 is 5.54 Å². The maximum atomic E-state index is 12.8. The van der Waals surface area contributed by atoms with Crippen LogP contribution in [0.4, 0.5) is 0 Å². The van der Waals surface area contributed by atoms with Crippen LogP contribution in [0, 0.1) is 0 Å². The third-order valence-electron chi connectivity index (χ3n) is 4.83. The standard InChI is InChI=1S/C21H29N5O3/c1-21(2,3)26-14-19(27)22-12-16-7-9-18(10-8-16)29-15-17-13-25(24-23-17)11-5-4-6-20(26)28/h7-10,13H,4-6,11-12,14-15H2,1-3H3,(H,22,27). The number of nitrogens with zero attached hydrogens (tertiary/aromatic N) is 4. The molecule has 0 fully saturated rings. The van der Waals surface area contributed by atoms with Gasteiger partial charge in [-0.1, -0.05) is 17.3 Å². The Morgan fingerprint density at radius 1 is 1.10 bits per heavy atom. The highest BCUT2D eigenvalue weighted by molar-refractivity contribution is 5.85. The van der Waals surface area contributed by atoms with Crippen molar-refractivity contribution >= 4 is 11.8 Å². The predicted octanol–water partition coefficient (Wildman–Crippen LogP) is 2.28. The van der Waals surface area contributed by atoms with Gasteiger partial charge < -0.3 is 15.0 Å². The Labute approximate surface area is 171 Å². The first kappa shape index (κ1) is 20.8. The monoisotopic (exact) mass is 399 g/mol. The summed E-state index contributed by atoms with van der Waals surface area (Å²) < 4.78 is 7.53. The van der Waals surface area contributed by atoms with Gasteiger partial charge in [0.15, 0.2) is 0 Å². The minimum absolute atomic E-state index is 0.0115. The SMILES string of the molecule is CC(C)(C)N1CC(=O)NCc2ccc(cc2)OCc2cn(nn2)CCCCC1=O. The van der Waals surface area contributed by atoms with Gasteiger partial charge in [-0.3, -0.25) is 14.3 Å². The number of benzene rings is 1. The maximum Gasteiger partial charge on any atom is 0.239 e. The average Bonchev–Trinajstić information content (AvgIpc) is 3.13. The molecule has 0 unspecified atom stereocenters. The molecular weight excluding hydrogens is 370 g/mol. The van der Waals surface area contributed by atoms with E-state index in [4.69, 9.17) is 4.74 Å². The van der Waals surface area contributed by atoms with Gasteiger partial charge in [0.2, 0.25) is 11.8 Å². The van der Waals surface area contributed by atoms with E-state index in [1.54, 1.807) is 9.58 Å². The number of hydrogen-bond acceptors (Lipinski definition) is 5. The first-order valence-electron chi connectivity index (χ1n) is 9.99. The Morgan fingerprint density at radius 2 is 1.86 bits per heavy atom. The van der Waals surface area contributed by atoms with Crippen LogP contribution < -0.4 is 10.1 Å². The lowest BCUT2D eigenvalue weighted by molar-refractivity contribution is -0.141. The number of aryl methyl sites for hydroxylation is 1. The maximum absolute atomic E-state index is 12.8. The molecule has 0 aliphatic carbocycles. The number of carbonyl (C=O) groups excluding carboxylic acids is 2. The summed E-state index contributed by atoms with van der Waals surface area (Å²) in [6, 6.07) is 7.55. The van der Waals surface area contributed by atoms with Crippen molar-refractivity contribution in [3.8, 4) is 5.75 Å². The molecule has 0 spiro atoms. The van der Waals surface area contributed by atoms with Gasteiger partial charge >= 0.3 is 0 Å². The van der Waals surface area contributed by atoms with E-state index >= 15 is 0 Å². The molecule has 8 heteroatoms. The molecule has 1 aromatic carbocycles. The molecule has 8 nitrogen and oxygen atoms in total. The van der Waals surface area contributed by atoms with E-state index in [1.807, 2.05) is 51.2 Å². The summed E-state index contributed by atoms with van der Waals surface area (Å²) in [5, 5.41) is 11.2. The molecule has 3 heterocycles. The van der Waals surface area contributed by atoms with E-state index in [0.29, 0.717) is 26.1 Å². The number of amides is 2. The smallest absolute Gasteiger partial charge is 0.239 e. The highest BCUT2D eigenvalue weighted by atomic mass is 16.5. The zero-order valence-corrected chi connectivity index (χ0v) is 17.4. The zero-order valence-electron chi connectivity index (χ0n) is 17.4. The van der Waals surface area contributed by atoms with Crippen LogP contribution in [0.1, 0.15) is 51.3 Å². The molecule has 1 aromatic heterocycles. The van der Waals surface area contributed by atoms with Crippen molar-refractivity contribution in [2.45, 2.75) is 65.3 Å². The zero-order chi connectivity index (χ0) is 20.9. The Hall–Kier alpha value is -2.90. The van der Waals surface area contributed by atoms with Crippen LogP contribution in [-0.4, -0.2) is 43.8 Å². The van der Waals surface area contributed by atoms with Crippen LogP contribution in [-0.2, 0) is 29.3 Å². The largest absolute Gasteiger partial charge is 0.487 e. The molecule has 156 valence electrons. The van der Waals surface area contributed by atoms with Crippen molar-refractivity contribution in [2.24, 2.45) is 0 Å². The van der Waals surface area contributed by atoms with E-state index in [9.17, 15) is 9.59 Å². The summed E-state index contributed by atoms with van der Waals surface area (Å²) in [6.07, 6.45) is 3.80. The van der Waals surface area contributed by atoms with Gasteiger partial charge in [-0.15, -0.1) is 5.10 Å². The average molecular weight is 399 g/mol. The van der Waals surface area contributed by atoms with E-state index in [1.165, 1.54) is 0 Å². The Kier molecular flexibility index (Phi) is 6.51. The van der Waals surface area contributed by atoms with Crippen molar-refractivity contribution in [3.05, 3.63) is 41.7 Å². The molecule has 4 rings (SSSR count). The molecular formula is C21H29N5O3. The predicted molar refractivity (Wildman–Crippen MR) is 108 cm³/mol. The summed E-state index contributed by atoms with van der Waals surface area (Å²) >= 11 is 0. The number of aromatic nitrogens is 3. The molecule has 29 heavy (non-hydrogen) atoms. The fraction of sp³-hybridized carbons (Fsp3) is 0.524. The lowest BCUT2D eigenvalue weighted by atomic mass is 10.0. The lowest BCUT2D eigenvalue weighted by Gasteiger charge is -2.35. The number of fused-ring (bicyclic) bond motifs is 12. The minimum atomic E-state index is -0.424. The summed E-state index contributed by atoms with van der Waals surface area (Å²) in [4.78, 5) is 26.9. The first-order valence-corrected chi connectivity index (χ1v) is 9.99. The fourth-order valence-corrected chi connectivity index (χ4v) is 3.16. The third kappa shape index (κ3) is 6.04. The summed E-state index contributed by atoms with van der Waals surface area (Å²) in [7, 11) is 0. The lowest BCUT2D eigenvalue weighted by Crippen LogP contribution is -2.50. The number of carbonyl (C=O) groups is 2. The van der Waals surface area contributed by atoms with Crippen molar-refractivity contribution in [2.75, 3.05) is 6.54 Å². The molecule has 2 aromatic rings. The highest BCUT2D eigenvalue weighted by Crippen LogP contribution is 2.17. The molecule has 0 saturated carbocycles. The van der Waals surface area contributed by atoms with E-state index in [2.05, 4.69) is 15.6 Å². The van der Waals surface area contributed by atoms with E-state index in [-0.39, 0.29) is 18.4 Å². The van der Waals surface area contributed by atoms with Gasteiger partial charge in [0.25, 0.3) is 0 Å². The molecule has 0 radical (unpaired) electrons. The summed E-state index contributed by atoms with van der Waals surface area (Å²) in [5.74, 6) is 0.556. The van der Waals surface area contributed by atoms with Crippen molar-refractivity contribution < 1.29 is 14.3 Å². The molecule has 4 bridgehead atoms. The van der Waals surface area contributed by atoms with Crippen LogP contribution in [0.3, 0.4) is 0 Å². The second kappa shape index (κ2) is 9.07. The van der Waals surface area contributed by atoms with Crippen molar-refractivity contribution in [1.29, 1.82) is 0 Å². The molecule has 2 aliphatic rings. The molecule has 2 aliphatic heterocycles. The van der Waals surface area contributed by atoms with Gasteiger partial charge in [0.05, 0.1) is 6.20 Å². The third-order valence-corrected chi connectivity index (χ3v) is 4.83. The topological polar surface area (TPSA) is 89.3 Å². The number of hydrogen-bond donors (Lipinski definition) is 1. The van der Waals surface area contributed by atoms with Crippen LogP contribution in [0.2, 0.25) is 0 Å². The first-order chi connectivity index (χ1) is 13.8. The fourth-order valence-electron chi connectivity index (χ4n) is 3.16. The highest BCUT2D eigenvalue weighted by Gasteiger charge is 2.27. The van der Waals surface area contributed by atoms with E-state index in [0.717, 1.165) is 29.8 Å².